The lowest BCUT2D eigenvalue weighted by atomic mass is 10.1. The van der Waals surface area contributed by atoms with Crippen molar-refractivity contribution in [1.82, 2.24) is 5.32 Å². The van der Waals surface area contributed by atoms with Gasteiger partial charge < -0.3 is 10.1 Å². The van der Waals surface area contributed by atoms with E-state index in [1.807, 2.05) is 44.2 Å². The Balaban J connectivity index is 1.98. The number of ether oxygens (including phenoxy) is 1. The van der Waals surface area contributed by atoms with E-state index in [2.05, 4.69) is 30.4 Å². The Bertz CT molecular complexity index is 583. The third kappa shape index (κ3) is 4.76. The Morgan fingerprint density at radius 2 is 1.81 bits per heavy atom. The highest BCUT2D eigenvalue weighted by molar-refractivity contribution is 6.31. The van der Waals surface area contributed by atoms with Crippen molar-refractivity contribution in [2.24, 2.45) is 0 Å². The monoisotopic (exact) mass is 303 g/mol. The van der Waals surface area contributed by atoms with Crippen molar-refractivity contribution in [2.75, 3.05) is 0 Å². The number of nitrogens with one attached hydrogen (secondary N) is 1. The third-order valence-corrected chi connectivity index (χ3v) is 3.60. The molecule has 1 atom stereocenters. The quantitative estimate of drug-likeness (QED) is 0.813. The summed E-state index contributed by atoms with van der Waals surface area (Å²) in [4.78, 5) is 0. The second kappa shape index (κ2) is 7.48. The molecule has 0 aromatic heterocycles. The highest BCUT2D eigenvalue weighted by Gasteiger charge is 2.08. The molecule has 0 saturated heterocycles. The Morgan fingerprint density at radius 3 is 2.52 bits per heavy atom. The van der Waals surface area contributed by atoms with Crippen molar-refractivity contribution in [3.63, 3.8) is 0 Å². The summed E-state index contributed by atoms with van der Waals surface area (Å²) in [5.41, 5.74) is 2.32. The van der Waals surface area contributed by atoms with Gasteiger partial charge in [0.2, 0.25) is 0 Å². The average Bonchev–Trinajstić information content (AvgIpc) is 2.45. The molecule has 0 spiro atoms. The smallest absolute Gasteiger partial charge is 0.120 e. The second-order valence-corrected chi connectivity index (χ2v) is 5.85. The maximum absolute atomic E-state index is 6.22. The van der Waals surface area contributed by atoms with E-state index in [0.717, 1.165) is 22.9 Å². The Morgan fingerprint density at radius 1 is 1.05 bits per heavy atom. The molecule has 21 heavy (non-hydrogen) atoms. The summed E-state index contributed by atoms with van der Waals surface area (Å²) in [6, 6.07) is 16.3. The largest absolute Gasteiger partial charge is 0.491 e. The standard InChI is InChI=1S/C18H22ClNO/c1-13(2)21-16-8-6-7-15(11-16)12-20-14(3)17-9-4-5-10-18(17)19/h4-11,13-14,20H,12H2,1-3H3/t14-/m0/s1. The molecule has 2 rings (SSSR count). The van der Waals surface area contributed by atoms with Gasteiger partial charge in [-0.2, -0.15) is 0 Å². The van der Waals surface area contributed by atoms with Crippen molar-refractivity contribution >= 4 is 11.6 Å². The lowest BCUT2D eigenvalue weighted by Gasteiger charge is -2.16. The van der Waals surface area contributed by atoms with Crippen molar-refractivity contribution in [1.29, 1.82) is 0 Å². The topological polar surface area (TPSA) is 21.3 Å². The minimum atomic E-state index is 0.190. The van der Waals surface area contributed by atoms with Gasteiger partial charge in [0.25, 0.3) is 0 Å². The van der Waals surface area contributed by atoms with Crippen LogP contribution in [0.4, 0.5) is 0 Å². The van der Waals surface area contributed by atoms with Gasteiger partial charge in [0.15, 0.2) is 0 Å². The molecule has 2 nitrogen and oxygen atoms in total. The third-order valence-electron chi connectivity index (χ3n) is 3.25. The van der Waals surface area contributed by atoms with Crippen LogP contribution in [0.2, 0.25) is 5.02 Å². The van der Waals surface area contributed by atoms with Crippen LogP contribution < -0.4 is 10.1 Å². The predicted octanol–water partition coefficient (Wildman–Crippen LogP) is 4.98. The highest BCUT2D eigenvalue weighted by Crippen LogP contribution is 2.23. The first-order chi connectivity index (χ1) is 10.1. The molecule has 0 radical (unpaired) electrons. The van der Waals surface area contributed by atoms with E-state index < -0.39 is 0 Å². The van der Waals surface area contributed by atoms with Gasteiger partial charge in [-0.1, -0.05) is 41.9 Å². The van der Waals surface area contributed by atoms with Crippen LogP contribution in [0.5, 0.6) is 5.75 Å². The van der Waals surface area contributed by atoms with E-state index in [9.17, 15) is 0 Å². The molecular formula is C18H22ClNO. The summed E-state index contributed by atoms with van der Waals surface area (Å²) in [6.45, 7) is 6.96. The van der Waals surface area contributed by atoms with E-state index in [1.54, 1.807) is 0 Å². The zero-order valence-electron chi connectivity index (χ0n) is 12.8. The zero-order valence-corrected chi connectivity index (χ0v) is 13.5. The normalized spacial score (nSPS) is 12.4. The van der Waals surface area contributed by atoms with E-state index in [4.69, 9.17) is 16.3 Å². The molecular weight excluding hydrogens is 282 g/mol. The number of benzene rings is 2. The molecule has 0 bridgehead atoms. The number of rotatable bonds is 6. The molecule has 1 N–H and O–H groups in total. The van der Waals surface area contributed by atoms with Crippen LogP contribution in [-0.2, 0) is 6.54 Å². The molecule has 3 heteroatoms. The first kappa shape index (κ1) is 15.9. The molecule has 0 amide bonds. The first-order valence-corrected chi connectivity index (χ1v) is 7.67. The van der Waals surface area contributed by atoms with E-state index in [-0.39, 0.29) is 12.1 Å². The van der Waals surface area contributed by atoms with Crippen LogP contribution in [0.25, 0.3) is 0 Å². The van der Waals surface area contributed by atoms with Crippen molar-refractivity contribution in [2.45, 2.75) is 39.5 Å². The van der Waals surface area contributed by atoms with E-state index >= 15 is 0 Å². The molecule has 2 aromatic carbocycles. The summed E-state index contributed by atoms with van der Waals surface area (Å²) in [6.07, 6.45) is 0.190. The fraction of sp³-hybridized carbons (Fsp3) is 0.333. The lowest BCUT2D eigenvalue weighted by molar-refractivity contribution is 0.242. The SMILES string of the molecule is CC(C)Oc1cccc(CN[C@@H](C)c2ccccc2Cl)c1. The molecule has 0 heterocycles. The van der Waals surface area contributed by atoms with Crippen LogP contribution in [-0.4, -0.2) is 6.10 Å². The van der Waals surface area contributed by atoms with Gasteiger partial charge >= 0.3 is 0 Å². The van der Waals surface area contributed by atoms with E-state index in [1.165, 1.54) is 5.56 Å². The molecule has 0 unspecified atom stereocenters. The summed E-state index contributed by atoms with van der Waals surface area (Å²) in [5.74, 6) is 0.912. The van der Waals surface area contributed by atoms with Crippen molar-refractivity contribution < 1.29 is 4.74 Å². The fourth-order valence-electron chi connectivity index (χ4n) is 2.21. The number of halogens is 1. The van der Waals surface area contributed by atoms with Gasteiger partial charge in [-0.15, -0.1) is 0 Å². The Labute approximate surface area is 132 Å². The van der Waals surface area contributed by atoms with Gasteiger partial charge in [-0.25, -0.2) is 0 Å². The summed E-state index contributed by atoms with van der Waals surface area (Å²) in [7, 11) is 0. The van der Waals surface area contributed by atoms with Gasteiger partial charge in [0.05, 0.1) is 6.10 Å². The van der Waals surface area contributed by atoms with Crippen LogP contribution >= 0.6 is 11.6 Å². The molecule has 0 saturated carbocycles. The zero-order chi connectivity index (χ0) is 15.2. The Kier molecular flexibility index (Phi) is 5.66. The lowest BCUT2D eigenvalue weighted by Crippen LogP contribution is -2.18. The molecule has 0 fully saturated rings. The molecule has 2 aromatic rings. The Hall–Kier alpha value is -1.51. The van der Waals surface area contributed by atoms with Gasteiger partial charge in [0.1, 0.15) is 5.75 Å². The predicted molar refractivity (Wildman–Crippen MR) is 88.9 cm³/mol. The van der Waals surface area contributed by atoms with Crippen LogP contribution in [0.3, 0.4) is 0 Å². The number of hydrogen-bond acceptors (Lipinski definition) is 2. The first-order valence-electron chi connectivity index (χ1n) is 7.29. The highest BCUT2D eigenvalue weighted by atomic mass is 35.5. The average molecular weight is 304 g/mol. The molecule has 0 aliphatic heterocycles. The minimum absolute atomic E-state index is 0.190. The maximum atomic E-state index is 6.22. The van der Waals surface area contributed by atoms with Crippen molar-refractivity contribution in [3.05, 3.63) is 64.7 Å². The molecule has 0 aliphatic carbocycles. The minimum Gasteiger partial charge on any atom is -0.491 e. The van der Waals surface area contributed by atoms with E-state index in [0.29, 0.717) is 0 Å². The van der Waals surface area contributed by atoms with Crippen LogP contribution in [0, 0.1) is 0 Å². The molecule has 112 valence electrons. The maximum Gasteiger partial charge on any atom is 0.120 e. The summed E-state index contributed by atoms with van der Waals surface area (Å²) >= 11 is 6.22. The van der Waals surface area contributed by atoms with Crippen LogP contribution in [0.15, 0.2) is 48.5 Å². The summed E-state index contributed by atoms with van der Waals surface area (Å²) < 4.78 is 5.72. The van der Waals surface area contributed by atoms with Crippen molar-refractivity contribution in [3.8, 4) is 5.75 Å². The van der Waals surface area contributed by atoms with Crippen LogP contribution in [0.1, 0.15) is 37.9 Å². The van der Waals surface area contributed by atoms with Gasteiger partial charge in [-0.3, -0.25) is 0 Å². The van der Waals surface area contributed by atoms with Gasteiger partial charge in [0, 0.05) is 17.6 Å². The second-order valence-electron chi connectivity index (χ2n) is 5.44. The fourth-order valence-corrected chi connectivity index (χ4v) is 2.51. The number of hydrogen-bond donors (Lipinski definition) is 1. The molecule has 0 aliphatic rings. The summed E-state index contributed by atoms with van der Waals surface area (Å²) in [5, 5.41) is 4.30. The van der Waals surface area contributed by atoms with Gasteiger partial charge in [-0.05, 0) is 50.1 Å².